The molecule has 0 fully saturated rings. The first-order valence-electron chi connectivity index (χ1n) is 16.3. The molecule has 10 rings (SSSR count). The van der Waals surface area contributed by atoms with Crippen LogP contribution < -0.4 is 31.0 Å². The van der Waals surface area contributed by atoms with Gasteiger partial charge in [0.2, 0.25) is 0 Å². The smallest absolute Gasteiger partial charge is 0.332 e. The number of nitrogens with zero attached hydrogens (tertiary/aromatic N) is 2. The molecular weight excluding hydrogens is 575 g/mol. The van der Waals surface area contributed by atoms with E-state index in [0.717, 1.165) is 11.2 Å². The van der Waals surface area contributed by atoms with E-state index >= 15 is 0 Å². The van der Waals surface area contributed by atoms with Gasteiger partial charge in [-0.1, -0.05) is 130 Å². The molecule has 0 amide bonds. The lowest BCUT2D eigenvalue weighted by molar-refractivity contribution is 0.632. The van der Waals surface area contributed by atoms with E-state index in [-0.39, 0.29) is 12.3 Å². The normalized spacial score (nSPS) is 16.5. The molecule has 0 saturated carbocycles. The molecule has 7 aromatic rings. The molecule has 0 atom stereocenters. The number of benzene rings is 6. The van der Waals surface area contributed by atoms with Crippen molar-refractivity contribution in [2.75, 3.05) is 9.71 Å². The highest BCUT2D eigenvalue weighted by atomic mass is 28.3. The lowest BCUT2D eigenvalue weighted by atomic mass is 9.45. The summed E-state index contributed by atoms with van der Waals surface area (Å²) in [7, 11) is -2.09. The molecule has 6 aromatic carbocycles. The SMILES string of the molecule is CC1(C)c2ccccc2N2c3ccccc3B(N3c4ccccc4[Si](C)(C)c4ccc5c(oc6ccccc65)c43)c3cccc1c32. The van der Waals surface area contributed by atoms with Crippen LogP contribution in [0.25, 0.3) is 21.9 Å². The molecule has 0 aliphatic carbocycles. The highest BCUT2D eigenvalue weighted by molar-refractivity contribution is 7.04. The highest BCUT2D eigenvalue weighted by Gasteiger charge is 2.49. The molecule has 46 heavy (non-hydrogen) atoms. The van der Waals surface area contributed by atoms with E-state index in [1.807, 2.05) is 0 Å². The van der Waals surface area contributed by atoms with Gasteiger partial charge in [-0.25, -0.2) is 0 Å². The lowest BCUT2D eigenvalue weighted by Crippen LogP contribution is -2.67. The van der Waals surface area contributed by atoms with Crippen LogP contribution in [0, 0.1) is 0 Å². The quantitative estimate of drug-likeness (QED) is 0.176. The van der Waals surface area contributed by atoms with Crippen molar-refractivity contribution < 1.29 is 4.42 Å². The zero-order chi connectivity index (χ0) is 30.9. The average molecular weight is 609 g/mol. The molecular formula is C41H33BN2OSi. The topological polar surface area (TPSA) is 19.6 Å². The van der Waals surface area contributed by atoms with Crippen molar-refractivity contribution in [3.8, 4) is 0 Å². The van der Waals surface area contributed by atoms with Gasteiger partial charge in [-0.05, 0) is 56.7 Å². The largest absolute Gasteiger partial charge is 0.454 e. The number of para-hydroxylation sites is 5. The summed E-state index contributed by atoms with van der Waals surface area (Å²) in [5, 5.41) is 5.24. The molecule has 0 radical (unpaired) electrons. The molecule has 3 aliphatic rings. The number of fused-ring (bicyclic) bond motifs is 10. The fourth-order valence-electron chi connectivity index (χ4n) is 8.88. The van der Waals surface area contributed by atoms with Crippen LogP contribution in [-0.2, 0) is 5.41 Å². The van der Waals surface area contributed by atoms with Crippen LogP contribution in [0.2, 0.25) is 13.1 Å². The van der Waals surface area contributed by atoms with Crippen molar-refractivity contribution >= 4 is 86.6 Å². The van der Waals surface area contributed by atoms with Crippen LogP contribution in [0.5, 0.6) is 0 Å². The van der Waals surface area contributed by atoms with Gasteiger partial charge < -0.3 is 14.1 Å². The van der Waals surface area contributed by atoms with Gasteiger partial charge in [-0.2, -0.15) is 0 Å². The molecule has 0 spiro atoms. The van der Waals surface area contributed by atoms with Gasteiger partial charge in [0.25, 0.3) is 0 Å². The summed E-state index contributed by atoms with van der Waals surface area (Å²) < 4.78 is 6.88. The first-order valence-corrected chi connectivity index (χ1v) is 19.3. The zero-order valence-corrected chi connectivity index (χ0v) is 27.5. The minimum atomic E-state index is -2.09. The number of rotatable bonds is 1. The van der Waals surface area contributed by atoms with Crippen molar-refractivity contribution in [2.24, 2.45) is 0 Å². The second kappa shape index (κ2) is 8.83. The Labute approximate surface area is 270 Å². The monoisotopic (exact) mass is 608 g/mol. The number of hydrogen-bond donors (Lipinski definition) is 0. The van der Waals surface area contributed by atoms with Gasteiger partial charge in [-0.15, -0.1) is 0 Å². The predicted molar refractivity (Wildman–Crippen MR) is 197 cm³/mol. The summed E-state index contributed by atoms with van der Waals surface area (Å²) in [5.41, 5.74) is 13.5. The lowest BCUT2D eigenvalue weighted by Gasteiger charge is -2.50. The zero-order valence-electron chi connectivity index (χ0n) is 26.5. The third kappa shape index (κ3) is 3.14. The van der Waals surface area contributed by atoms with E-state index < -0.39 is 8.07 Å². The van der Waals surface area contributed by atoms with Crippen LogP contribution in [0.3, 0.4) is 0 Å². The van der Waals surface area contributed by atoms with Crippen LogP contribution >= 0.6 is 0 Å². The Bertz CT molecular complexity index is 2420. The van der Waals surface area contributed by atoms with E-state index in [9.17, 15) is 0 Å². The van der Waals surface area contributed by atoms with E-state index in [0.29, 0.717) is 0 Å². The molecule has 4 heterocycles. The van der Waals surface area contributed by atoms with Crippen molar-refractivity contribution in [3.05, 3.63) is 139 Å². The van der Waals surface area contributed by atoms with Gasteiger partial charge in [-0.3, -0.25) is 0 Å². The summed E-state index contributed by atoms with van der Waals surface area (Å²) in [6.07, 6.45) is 0. The maximum absolute atomic E-state index is 6.88. The van der Waals surface area contributed by atoms with Gasteiger partial charge >= 0.3 is 6.85 Å². The molecule has 0 saturated heterocycles. The summed E-state index contributed by atoms with van der Waals surface area (Å²) in [5.74, 6) is 0. The number of hydrogen-bond acceptors (Lipinski definition) is 3. The molecule has 0 unspecified atom stereocenters. The number of furan rings is 1. The standard InChI is InChI=1S/C41H33BN2OSi/c1-41(2)28-15-6-8-19-32(28)43-33-20-9-7-17-30(33)42(31-18-13-16-29(41)38(31)43)44-34-21-10-12-23-36(34)46(3,4)37-25-24-27-26-14-5-11-22-35(26)45-40(27)39(37)44/h5-25H,1-4H3. The van der Waals surface area contributed by atoms with E-state index in [2.05, 4.69) is 164 Å². The molecule has 1 aromatic heterocycles. The van der Waals surface area contributed by atoms with Crippen molar-refractivity contribution in [3.63, 3.8) is 0 Å². The Morgan fingerprint density at radius 1 is 0.565 bits per heavy atom. The second-order valence-electron chi connectivity index (χ2n) is 14.1. The average Bonchev–Trinajstić information content (AvgIpc) is 3.46. The molecule has 220 valence electrons. The van der Waals surface area contributed by atoms with E-state index in [1.54, 1.807) is 0 Å². The second-order valence-corrected chi connectivity index (χ2v) is 18.5. The van der Waals surface area contributed by atoms with E-state index in [1.165, 1.54) is 71.6 Å². The summed E-state index contributed by atoms with van der Waals surface area (Å²) >= 11 is 0. The Hall–Kier alpha value is -5.00. The van der Waals surface area contributed by atoms with Crippen molar-refractivity contribution in [1.82, 2.24) is 0 Å². The Kier molecular flexibility index (Phi) is 5.04. The molecule has 3 nitrogen and oxygen atoms in total. The number of anilines is 5. The molecule has 0 bridgehead atoms. The highest BCUT2D eigenvalue weighted by Crippen LogP contribution is 2.53. The third-order valence-corrected chi connectivity index (χ3v) is 14.6. The van der Waals surface area contributed by atoms with Crippen LogP contribution in [0.1, 0.15) is 25.0 Å². The Balaban J connectivity index is 1.35. The first-order chi connectivity index (χ1) is 22.4. The minimum absolute atomic E-state index is 0.0488. The third-order valence-electron chi connectivity index (χ3n) is 11.1. The molecule has 3 aliphatic heterocycles. The van der Waals surface area contributed by atoms with Crippen LogP contribution in [0.15, 0.2) is 132 Å². The predicted octanol–water partition coefficient (Wildman–Crippen LogP) is 8.09. The van der Waals surface area contributed by atoms with Crippen molar-refractivity contribution in [1.29, 1.82) is 0 Å². The Morgan fingerprint density at radius 2 is 1.24 bits per heavy atom. The van der Waals surface area contributed by atoms with Gasteiger partial charge in [0.15, 0.2) is 5.58 Å². The van der Waals surface area contributed by atoms with Gasteiger partial charge in [0.05, 0.1) is 11.4 Å². The minimum Gasteiger partial charge on any atom is -0.454 e. The maximum atomic E-state index is 6.88. The molecule has 5 heteroatoms. The summed E-state index contributed by atoms with van der Waals surface area (Å²) in [6, 6.07) is 47.4. The van der Waals surface area contributed by atoms with Gasteiger partial charge in [0, 0.05) is 33.2 Å². The van der Waals surface area contributed by atoms with E-state index in [4.69, 9.17) is 4.42 Å². The Morgan fingerprint density at radius 3 is 2.11 bits per heavy atom. The summed E-state index contributed by atoms with van der Waals surface area (Å²) in [4.78, 5) is 5.18. The van der Waals surface area contributed by atoms with Crippen LogP contribution in [-0.4, -0.2) is 14.9 Å². The van der Waals surface area contributed by atoms with Gasteiger partial charge in [0.1, 0.15) is 13.7 Å². The fraction of sp³-hybridized carbons (Fsp3) is 0.122. The molecule has 0 N–H and O–H groups in total. The summed E-state index contributed by atoms with van der Waals surface area (Å²) in [6.45, 7) is 9.71. The fourth-order valence-corrected chi connectivity index (χ4v) is 11.9. The van der Waals surface area contributed by atoms with Crippen molar-refractivity contribution in [2.45, 2.75) is 32.4 Å². The maximum Gasteiger partial charge on any atom is 0.332 e. The van der Waals surface area contributed by atoms with Crippen LogP contribution in [0.4, 0.5) is 28.4 Å². The first kappa shape index (κ1) is 26.2.